The van der Waals surface area contributed by atoms with Crippen LogP contribution in [0.15, 0.2) is 15.2 Å². The van der Waals surface area contributed by atoms with E-state index in [0.717, 1.165) is 17.0 Å². The van der Waals surface area contributed by atoms with Gasteiger partial charge in [-0.3, -0.25) is 4.79 Å². The van der Waals surface area contributed by atoms with Crippen LogP contribution in [0, 0.1) is 0 Å². The number of hydrogen-bond acceptors (Lipinski definition) is 3. The fraction of sp³-hybridized carbons (Fsp3) is 0.600. The first kappa shape index (κ1) is 11.2. The molecule has 0 aromatic carbocycles. The van der Waals surface area contributed by atoms with Crippen molar-refractivity contribution in [2.24, 2.45) is 10.7 Å². The maximum absolute atomic E-state index is 10.9. The number of H-pyrrole nitrogens is 1. The molecule has 1 aromatic rings. The van der Waals surface area contributed by atoms with E-state index >= 15 is 0 Å². The van der Waals surface area contributed by atoms with Gasteiger partial charge in [0, 0.05) is 11.4 Å². The minimum atomic E-state index is -0.0486. The maximum Gasteiger partial charge on any atom is 0.304 e. The molecule has 0 saturated heterocycles. The number of aromatic nitrogens is 1. The minimum absolute atomic E-state index is 0.0486. The second-order valence-electron chi connectivity index (χ2n) is 4.00. The van der Waals surface area contributed by atoms with Gasteiger partial charge < -0.3 is 16.0 Å². The largest absolute Gasteiger partial charge is 0.370 e. The van der Waals surface area contributed by atoms with Gasteiger partial charge in [0.1, 0.15) is 0 Å². The Labute approximate surface area is 97.8 Å². The van der Waals surface area contributed by atoms with E-state index in [1.807, 2.05) is 0 Å². The molecule has 1 fully saturated rings. The minimum Gasteiger partial charge on any atom is -0.370 e. The molecule has 0 bridgehead atoms. The number of nitrogens with zero attached hydrogens (tertiary/aromatic N) is 1. The second kappa shape index (κ2) is 5.16. The first-order valence-corrected chi connectivity index (χ1v) is 6.35. The summed E-state index contributed by atoms with van der Waals surface area (Å²) in [4.78, 5) is 17.7. The quantitative estimate of drug-likeness (QED) is 0.539. The third-order valence-corrected chi connectivity index (χ3v) is 3.42. The van der Waals surface area contributed by atoms with E-state index in [1.54, 1.807) is 5.38 Å². The first-order valence-electron chi connectivity index (χ1n) is 5.47. The summed E-state index contributed by atoms with van der Waals surface area (Å²) >= 11 is 1.15. The molecular weight excluding hydrogens is 224 g/mol. The van der Waals surface area contributed by atoms with Crippen LogP contribution in [0.5, 0.6) is 0 Å². The van der Waals surface area contributed by atoms with Crippen molar-refractivity contribution in [1.82, 2.24) is 10.3 Å². The summed E-state index contributed by atoms with van der Waals surface area (Å²) in [5.74, 6) is 0.471. The third-order valence-electron chi connectivity index (χ3n) is 2.70. The first-order chi connectivity index (χ1) is 7.74. The average molecular weight is 240 g/mol. The summed E-state index contributed by atoms with van der Waals surface area (Å²) in [5.41, 5.74) is 6.57. The van der Waals surface area contributed by atoms with Crippen LogP contribution in [0.25, 0.3) is 0 Å². The van der Waals surface area contributed by atoms with Crippen LogP contribution in [0.3, 0.4) is 0 Å². The second-order valence-corrected chi connectivity index (χ2v) is 4.84. The highest BCUT2D eigenvalue weighted by molar-refractivity contribution is 7.07. The molecule has 4 N–H and O–H groups in total. The van der Waals surface area contributed by atoms with Gasteiger partial charge in [-0.2, -0.15) is 0 Å². The number of guanidine groups is 1. The van der Waals surface area contributed by atoms with Crippen LogP contribution in [0.1, 0.15) is 31.4 Å². The molecule has 0 amide bonds. The SMILES string of the molecule is NC(=NCc1csc(=O)[nH]1)NC1CCCC1. The highest BCUT2D eigenvalue weighted by Crippen LogP contribution is 2.17. The zero-order chi connectivity index (χ0) is 11.4. The topological polar surface area (TPSA) is 83.3 Å². The molecule has 5 nitrogen and oxygen atoms in total. The molecule has 0 atom stereocenters. The van der Waals surface area contributed by atoms with E-state index in [9.17, 15) is 4.79 Å². The number of aromatic amines is 1. The molecule has 2 rings (SSSR count). The van der Waals surface area contributed by atoms with Gasteiger partial charge in [0.15, 0.2) is 5.96 Å². The monoisotopic (exact) mass is 240 g/mol. The number of nitrogens with two attached hydrogens (primary N) is 1. The molecule has 1 heterocycles. The van der Waals surface area contributed by atoms with Crippen LogP contribution in [-0.2, 0) is 6.54 Å². The highest BCUT2D eigenvalue weighted by Gasteiger charge is 2.14. The zero-order valence-electron chi connectivity index (χ0n) is 9.03. The van der Waals surface area contributed by atoms with Crippen molar-refractivity contribution in [2.45, 2.75) is 38.3 Å². The molecule has 1 aliphatic rings. The van der Waals surface area contributed by atoms with Crippen LogP contribution in [0.4, 0.5) is 0 Å². The number of hydrogen-bond donors (Lipinski definition) is 3. The van der Waals surface area contributed by atoms with Gasteiger partial charge in [-0.1, -0.05) is 24.2 Å². The lowest BCUT2D eigenvalue weighted by molar-refractivity contribution is 0.625. The van der Waals surface area contributed by atoms with Gasteiger partial charge in [0.25, 0.3) is 0 Å². The predicted molar refractivity (Wildman–Crippen MR) is 65.7 cm³/mol. The number of aliphatic imine (C=N–C) groups is 1. The van der Waals surface area contributed by atoms with Crippen molar-refractivity contribution in [2.75, 3.05) is 0 Å². The molecule has 1 aromatic heterocycles. The van der Waals surface area contributed by atoms with Gasteiger partial charge in [-0.25, -0.2) is 4.99 Å². The Kier molecular flexibility index (Phi) is 3.61. The van der Waals surface area contributed by atoms with Crippen molar-refractivity contribution >= 4 is 17.3 Å². The number of thiazole rings is 1. The van der Waals surface area contributed by atoms with E-state index in [-0.39, 0.29) is 4.87 Å². The van der Waals surface area contributed by atoms with Gasteiger partial charge in [-0.05, 0) is 12.8 Å². The highest BCUT2D eigenvalue weighted by atomic mass is 32.1. The smallest absolute Gasteiger partial charge is 0.304 e. The van der Waals surface area contributed by atoms with E-state index < -0.39 is 0 Å². The average Bonchev–Trinajstić information content (AvgIpc) is 2.87. The van der Waals surface area contributed by atoms with Crippen molar-refractivity contribution in [1.29, 1.82) is 0 Å². The van der Waals surface area contributed by atoms with Crippen LogP contribution >= 0.6 is 11.3 Å². The molecule has 0 spiro atoms. The van der Waals surface area contributed by atoms with E-state index in [2.05, 4.69) is 15.3 Å². The molecule has 88 valence electrons. The lowest BCUT2D eigenvalue weighted by Gasteiger charge is -2.11. The Morgan fingerprint density at radius 1 is 1.62 bits per heavy atom. The maximum atomic E-state index is 10.9. The summed E-state index contributed by atoms with van der Waals surface area (Å²) in [6.07, 6.45) is 4.88. The molecule has 6 heteroatoms. The Morgan fingerprint density at radius 3 is 3.00 bits per heavy atom. The Morgan fingerprint density at radius 2 is 2.38 bits per heavy atom. The van der Waals surface area contributed by atoms with Gasteiger partial charge in [0.2, 0.25) is 0 Å². The Balaban J connectivity index is 1.84. The standard InChI is InChI=1S/C10H16N4OS/c11-9(13-7-3-1-2-4-7)12-5-8-6-16-10(15)14-8/h6-7H,1-5H2,(H,14,15)(H3,11,12,13). The number of nitrogens with one attached hydrogen (secondary N) is 2. The molecule has 0 aliphatic heterocycles. The lowest BCUT2D eigenvalue weighted by atomic mass is 10.2. The molecule has 16 heavy (non-hydrogen) atoms. The normalized spacial score (nSPS) is 17.9. The van der Waals surface area contributed by atoms with Crippen molar-refractivity contribution in [3.8, 4) is 0 Å². The Hall–Kier alpha value is -1.30. The van der Waals surface area contributed by atoms with Crippen molar-refractivity contribution < 1.29 is 0 Å². The van der Waals surface area contributed by atoms with Crippen LogP contribution in [0.2, 0.25) is 0 Å². The fourth-order valence-electron chi connectivity index (χ4n) is 1.89. The van der Waals surface area contributed by atoms with Gasteiger partial charge >= 0.3 is 4.87 Å². The van der Waals surface area contributed by atoms with Crippen molar-refractivity contribution in [3.05, 3.63) is 20.7 Å². The van der Waals surface area contributed by atoms with E-state index in [0.29, 0.717) is 18.5 Å². The van der Waals surface area contributed by atoms with Crippen molar-refractivity contribution in [3.63, 3.8) is 0 Å². The van der Waals surface area contributed by atoms with Gasteiger partial charge in [-0.15, -0.1) is 0 Å². The van der Waals surface area contributed by atoms with Crippen LogP contribution < -0.4 is 15.9 Å². The van der Waals surface area contributed by atoms with Crippen LogP contribution in [-0.4, -0.2) is 17.0 Å². The summed E-state index contributed by atoms with van der Waals surface area (Å²) in [7, 11) is 0. The zero-order valence-corrected chi connectivity index (χ0v) is 9.85. The summed E-state index contributed by atoms with van der Waals surface area (Å²) in [6, 6.07) is 0.477. The number of rotatable bonds is 3. The Bertz CT molecular complexity index is 416. The molecule has 0 unspecified atom stereocenters. The van der Waals surface area contributed by atoms with E-state index in [4.69, 9.17) is 5.73 Å². The van der Waals surface area contributed by atoms with Gasteiger partial charge in [0.05, 0.1) is 12.2 Å². The predicted octanol–water partition coefficient (Wildman–Crippen LogP) is 0.783. The summed E-state index contributed by atoms with van der Waals surface area (Å²) in [6.45, 7) is 0.435. The lowest BCUT2D eigenvalue weighted by Crippen LogP contribution is -2.38. The third kappa shape index (κ3) is 3.10. The fourth-order valence-corrected chi connectivity index (χ4v) is 2.46. The summed E-state index contributed by atoms with van der Waals surface area (Å²) < 4.78 is 0. The molecule has 0 radical (unpaired) electrons. The van der Waals surface area contributed by atoms with E-state index in [1.165, 1.54) is 25.7 Å². The molecular formula is C10H16N4OS. The molecule has 1 saturated carbocycles. The molecule has 1 aliphatic carbocycles. The summed E-state index contributed by atoms with van der Waals surface area (Å²) in [5, 5.41) is 4.97.